The average molecular weight is 383 g/mol. The van der Waals surface area contributed by atoms with Crippen molar-refractivity contribution in [2.75, 3.05) is 19.6 Å². The van der Waals surface area contributed by atoms with Gasteiger partial charge in [0.05, 0.1) is 0 Å². The van der Waals surface area contributed by atoms with Crippen molar-refractivity contribution in [3.8, 4) is 0 Å². The molecule has 0 aromatic heterocycles. The van der Waals surface area contributed by atoms with E-state index in [2.05, 4.69) is 24.3 Å². The van der Waals surface area contributed by atoms with Gasteiger partial charge < -0.3 is 9.80 Å². The average Bonchev–Trinajstić information content (AvgIpc) is 3.40. The topological polar surface area (TPSA) is 40.6 Å². The number of unbranched alkanes of at least 4 members (excludes halogenated alkanes) is 1. The van der Waals surface area contributed by atoms with Crippen LogP contribution in [-0.2, 0) is 22.4 Å². The van der Waals surface area contributed by atoms with Gasteiger partial charge >= 0.3 is 0 Å². The monoisotopic (exact) mass is 382 g/mol. The molecule has 0 N–H and O–H groups in total. The van der Waals surface area contributed by atoms with Crippen LogP contribution in [0.15, 0.2) is 24.3 Å². The Balaban J connectivity index is 1.22. The summed E-state index contributed by atoms with van der Waals surface area (Å²) in [5, 5.41) is 0. The van der Waals surface area contributed by atoms with Crippen LogP contribution in [0.5, 0.6) is 0 Å². The van der Waals surface area contributed by atoms with Crippen molar-refractivity contribution in [2.24, 2.45) is 5.92 Å². The summed E-state index contributed by atoms with van der Waals surface area (Å²) in [6, 6.07) is 8.60. The van der Waals surface area contributed by atoms with Gasteiger partial charge in [-0.15, -0.1) is 0 Å². The maximum absolute atomic E-state index is 12.9. The number of hydrogen-bond donors (Lipinski definition) is 0. The van der Waals surface area contributed by atoms with Crippen molar-refractivity contribution >= 4 is 11.8 Å². The number of nitrogens with zero attached hydrogens (tertiary/aromatic N) is 2. The highest BCUT2D eigenvalue weighted by atomic mass is 16.2. The molecule has 28 heavy (non-hydrogen) atoms. The normalized spacial score (nSPS) is 22.5. The molecule has 4 nitrogen and oxygen atoms in total. The van der Waals surface area contributed by atoms with E-state index in [1.54, 1.807) is 0 Å². The van der Waals surface area contributed by atoms with Crippen LogP contribution in [0.1, 0.15) is 68.9 Å². The Morgan fingerprint density at radius 1 is 0.893 bits per heavy atom. The predicted molar refractivity (Wildman–Crippen MR) is 111 cm³/mol. The zero-order valence-corrected chi connectivity index (χ0v) is 17.1. The number of rotatable bonds is 6. The summed E-state index contributed by atoms with van der Waals surface area (Å²) >= 11 is 0. The Labute approximate surface area is 169 Å². The van der Waals surface area contributed by atoms with Crippen LogP contribution < -0.4 is 0 Å². The number of hydrogen-bond acceptors (Lipinski definition) is 2. The first-order chi connectivity index (χ1) is 13.7. The van der Waals surface area contributed by atoms with Crippen molar-refractivity contribution in [3.63, 3.8) is 0 Å². The summed E-state index contributed by atoms with van der Waals surface area (Å²) in [6.07, 6.45) is 11.4. The highest BCUT2D eigenvalue weighted by Crippen LogP contribution is 2.30. The van der Waals surface area contributed by atoms with Crippen LogP contribution in [0.2, 0.25) is 0 Å². The van der Waals surface area contributed by atoms with Crippen LogP contribution in [0.25, 0.3) is 0 Å². The third kappa shape index (κ3) is 4.42. The molecule has 2 amide bonds. The molecule has 1 atom stereocenters. The third-order valence-corrected chi connectivity index (χ3v) is 6.91. The number of benzene rings is 1. The second kappa shape index (κ2) is 9.11. The molecular formula is C24H34N2O2. The van der Waals surface area contributed by atoms with Gasteiger partial charge in [-0.2, -0.15) is 0 Å². The van der Waals surface area contributed by atoms with Crippen molar-refractivity contribution in [3.05, 3.63) is 35.4 Å². The first-order valence-corrected chi connectivity index (χ1v) is 11.4. The molecule has 4 rings (SSSR count). The standard InChI is InChI=1S/C24H34N2O2/c27-23(13-4-1-9-19-17-20-10-2-3-11-21(20)18-19)26-16-6-5-12-22(26)24(28)25-14-7-8-15-25/h2-3,10-11,19,22H,1,4-9,12-18H2. The molecule has 4 heteroatoms. The molecule has 0 saturated carbocycles. The van der Waals surface area contributed by atoms with E-state index in [1.165, 1.54) is 30.4 Å². The second-order valence-electron chi connectivity index (χ2n) is 8.92. The van der Waals surface area contributed by atoms with Gasteiger partial charge in [-0.3, -0.25) is 9.59 Å². The van der Waals surface area contributed by atoms with Crippen LogP contribution in [0, 0.1) is 5.92 Å². The van der Waals surface area contributed by atoms with Crippen LogP contribution in [0.3, 0.4) is 0 Å². The van der Waals surface area contributed by atoms with Gasteiger partial charge in [0.1, 0.15) is 6.04 Å². The molecule has 2 aliphatic heterocycles. The molecule has 1 aromatic rings. The largest absolute Gasteiger partial charge is 0.341 e. The van der Waals surface area contributed by atoms with Crippen molar-refractivity contribution in [1.82, 2.24) is 9.80 Å². The Morgan fingerprint density at radius 3 is 2.29 bits per heavy atom. The lowest BCUT2D eigenvalue weighted by Crippen LogP contribution is -2.52. The summed E-state index contributed by atoms with van der Waals surface area (Å²) < 4.78 is 0. The molecule has 0 radical (unpaired) electrons. The lowest BCUT2D eigenvalue weighted by molar-refractivity contribution is -0.147. The Hall–Kier alpha value is -1.84. The first-order valence-electron chi connectivity index (χ1n) is 11.4. The fourth-order valence-corrected chi connectivity index (χ4v) is 5.34. The van der Waals surface area contributed by atoms with E-state index in [1.807, 2.05) is 9.80 Å². The minimum Gasteiger partial charge on any atom is -0.341 e. The maximum Gasteiger partial charge on any atom is 0.245 e. The Bertz CT molecular complexity index is 671. The number of piperidine rings is 1. The lowest BCUT2D eigenvalue weighted by Gasteiger charge is -2.37. The van der Waals surface area contributed by atoms with Crippen LogP contribution in [-0.4, -0.2) is 47.3 Å². The third-order valence-electron chi connectivity index (χ3n) is 6.91. The fraction of sp³-hybridized carbons (Fsp3) is 0.667. The highest BCUT2D eigenvalue weighted by molar-refractivity contribution is 5.88. The summed E-state index contributed by atoms with van der Waals surface area (Å²) in [7, 11) is 0. The summed E-state index contributed by atoms with van der Waals surface area (Å²) in [5.74, 6) is 1.15. The Kier molecular flexibility index (Phi) is 6.33. The number of fused-ring (bicyclic) bond motifs is 1. The summed E-state index contributed by atoms with van der Waals surface area (Å²) in [6.45, 7) is 2.52. The van der Waals surface area contributed by atoms with Crippen molar-refractivity contribution in [2.45, 2.75) is 76.7 Å². The zero-order chi connectivity index (χ0) is 19.3. The van der Waals surface area contributed by atoms with E-state index in [4.69, 9.17) is 0 Å². The molecule has 1 aromatic carbocycles. The van der Waals surface area contributed by atoms with Crippen LogP contribution >= 0.6 is 0 Å². The van der Waals surface area contributed by atoms with E-state index in [-0.39, 0.29) is 17.9 Å². The lowest BCUT2D eigenvalue weighted by atomic mass is 9.97. The van der Waals surface area contributed by atoms with Crippen LogP contribution in [0.4, 0.5) is 0 Å². The molecule has 2 fully saturated rings. The molecule has 1 unspecified atom stereocenters. The van der Waals surface area contributed by atoms with E-state index >= 15 is 0 Å². The van der Waals surface area contributed by atoms with E-state index in [9.17, 15) is 9.59 Å². The second-order valence-corrected chi connectivity index (χ2v) is 8.92. The molecule has 1 aliphatic carbocycles. The highest BCUT2D eigenvalue weighted by Gasteiger charge is 2.35. The smallest absolute Gasteiger partial charge is 0.245 e. The van der Waals surface area contributed by atoms with E-state index < -0.39 is 0 Å². The summed E-state index contributed by atoms with van der Waals surface area (Å²) in [5.41, 5.74) is 3.03. The van der Waals surface area contributed by atoms with E-state index in [0.717, 1.165) is 70.5 Å². The van der Waals surface area contributed by atoms with Gasteiger partial charge in [-0.05, 0) is 74.8 Å². The molecule has 3 aliphatic rings. The Morgan fingerprint density at radius 2 is 1.57 bits per heavy atom. The maximum atomic E-state index is 12.9. The quantitative estimate of drug-likeness (QED) is 0.699. The molecule has 0 bridgehead atoms. The zero-order valence-electron chi connectivity index (χ0n) is 17.1. The number of carbonyl (C=O) groups is 2. The predicted octanol–water partition coefficient (Wildman–Crippen LogP) is 3.97. The minimum atomic E-state index is -0.191. The molecular weight excluding hydrogens is 348 g/mol. The van der Waals surface area contributed by atoms with Crippen molar-refractivity contribution in [1.29, 1.82) is 0 Å². The van der Waals surface area contributed by atoms with Gasteiger partial charge in [-0.25, -0.2) is 0 Å². The number of likely N-dealkylation sites (tertiary alicyclic amines) is 2. The van der Waals surface area contributed by atoms with Crippen molar-refractivity contribution < 1.29 is 9.59 Å². The first kappa shape index (κ1) is 19.5. The number of carbonyl (C=O) groups excluding carboxylic acids is 2. The molecule has 2 heterocycles. The fourth-order valence-electron chi connectivity index (χ4n) is 5.34. The summed E-state index contributed by atoms with van der Waals surface area (Å²) in [4.78, 5) is 29.6. The van der Waals surface area contributed by atoms with Gasteiger partial charge in [-0.1, -0.05) is 30.7 Å². The SMILES string of the molecule is O=C(C1CCCCN1C(=O)CCCCC1Cc2ccccc2C1)N1CCCC1. The molecule has 2 saturated heterocycles. The molecule has 152 valence electrons. The van der Waals surface area contributed by atoms with Gasteiger partial charge in [0.2, 0.25) is 11.8 Å². The number of amides is 2. The van der Waals surface area contributed by atoms with E-state index in [0.29, 0.717) is 6.42 Å². The minimum absolute atomic E-state index is 0.191. The molecule has 0 spiro atoms. The van der Waals surface area contributed by atoms with Gasteiger partial charge in [0.25, 0.3) is 0 Å². The van der Waals surface area contributed by atoms with Gasteiger partial charge in [0.15, 0.2) is 0 Å². The van der Waals surface area contributed by atoms with Gasteiger partial charge in [0, 0.05) is 26.1 Å².